The number of hydrogen-bond acceptors (Lipinski definition) is 1. The molecule has 3 rings (SSSR count). The van der Waals surface area contributed by atoms with Crippen LogP contribution >= 0.6 is 15.9 Å². The summed E-state index contributed by atoms with van der Waals surface area (Å²) in [5.41, 5.74) is 2.91. The van der Waals surface area contributed by atoms with Crippen LogP contribution in [0.25, 0.3) is 5.57 Å². The van der Waals surface area contributed by atoms with Crippen molar-refractivity contribution in [3.63, 3.8) is 0 Å². The average Bonchev–Trinajstić information content (AvgIpc) is 2.59. The highest BCUT2D eigenvalue weighted by Gasteiger charge is 2.27. The fourth-order valence-electron chi connectivity index (χ4n) is 2.60. The summed E-state index contributed by atoms with van der Waals surface area (Å²) in [4.78, 5) is 0. The van der Waals surface area contributed by atoms with Crippen LogP contribution < -0.4 is 5.32 Å². The van der Waals surface area contributed by atoms with Gasteiger partial charge in [-0.05, 0) is 42.5 Å². The molecule has 1 aromatic rings. The zero-order valence-electron chi connectivity index (χ0n) is 8.54. The summed E-state index contributed by atoms with van der Waals surface area (Å²) in [6, 6.07) is 10.0. The van der Waals surface area contributed by atoms with Gasteiger partial charge in [0, 0.05) is 16.6 Å². The summed E-state index contributed by atoms with van der Waals surface area (Å²) >= 11 is 3.47. The molecule has 2 aliphatic heterocycles. The zero-order valence-corrected chi connectivity index (χ0v) is 10.1. The van der Waals surface area contributed by atoms with Gasteiger partial charge < -0.3 is 5.32 Å². The molecule has 2 heterocycles. The standard InChI is InChI=1S/C13H14BrN/c14-11-3-1-9(2-4-11)10-7-12-5-6-13(8-10)15-12/h1-4,7,12-13,15H,5-6,8H2. The second kappa shape index (κ2) is 3.76. The van der Waals surface area contributed by atoms with E-state index in [1.807, 2.05) is 0 Å². The Morgan fingerprint density at radius 2 is 1.93 bits per heavy atom. The van der Waals surface area contributed by atoms with Gasteiger partial charge in [-0.2, -0.15) is 0 Å². The fourth-order valence-corrected chi connectivity index (χ4v) is 2.86. The predicted octanol–water partition coefficient (Wildman–Crippen LogP) is 3.36. The van der Waals surface area contributed by atoms with Gasteiger partial charge in [0.2, 0.25) is 0 Å². The van der Waals surface area contributed by atoms with Crippen molar-refractivity contribution in [1.29, 1.82) is 0 Å². The van der Waals surface area contributed by atoms with E-state index in [9.17, 15) is 0 Å². The molecule has 1 nitrogen and oxygen atoms in total. The van der Waals surface area contributed by atoms with Crippen LogP contribution in [0.15, 0.2) is 34.8 Å². The maximum atomic E-state index is 3.62. The van der Waals surface area contributed by atoms with Gasteiger partial charge in [-0.1, -0.05) is 34.1 Å². The van der Waals surface area contributed by atoms with E-state index in [-0.39, 0.29) is 0 Å². The summed E-state index contributed by atoms with van der Waals surface area (Å²) in [6.07, 6.45) is 6.25. The molecule has 2 aliphatic rings. The monoisotopic (exact) mass is 263 g/mol. The summed E-state index contributed by atoms with van der Waals surface area (Å²) in [5, 5.41) is 3.62. The largest absolute Gasteiger partial charge is 0.307 e. The molecule has 0 aromatic heterocycles. The van der Waals surface area contributed by atoms with E-state index in [1.54, 1.807) is 0 Å². The smallest absolute Gasteiger partial charge is 0.0259 e. The van der Waals surface area contributed by atoms with E-state index in [4.69, 9.17) is 0 Å². The second-order valence-electron chi connectivity index (χ2n) is 4.45. The zero-order chi connectivity index (χ0) is 10.3. The quantitative estimate of drug-likeness (QED) is 0.820. The Morgan fingerprint density at radius 3 is 2.67 bits per heavy atom. The highest BCUT2D eigenvalue weighted by Crippen LogP contribution is 2.32. The third-order valence-corrected chi connectivity index (χ3v) is 3.89. The lowest BCUT2D eigenvalue weighted by molar-refractivity contribution is 0.575. The van der Waals surface area contributed by atoms with Gasteiger partial charge in [0.1, 0.15) is 0 Å². The van der Waals surface area contributed by atoms with E-state index in [0.717, 1.165) is 10.5 Å². The highest BCUT2D eigenvalue weighted by atomic mass is 79.9. The van der Waals surface area contributed by atoms with Crippen molar-refractivity contribution >= 4 is 21.5 Å². The average molecular weight is 264 g/mol. The van der Waals surface area contributed by atoms with Crippen molar-refractivity contribution in [3.05, 3.63) is 40.4 Å². The van der Waals surface area contributed by atoms with Gasteiger partial charge in [0.15, 0.2) is 0 Å². The van der Waals surface area contributed by atoms with Crippen LogP contribution in [0.2, 0.25) is 0 Å². The van der Waals surface area contributed by atoms with E-state index in [1.165, 1.54) is 30.4 Å². The van der Waals surface area contributed by atoms with Crippen LogP contribution in [0.5, 0.6) is 0 Å². The first-order chi connectivity index (χ1) is 7.31. The molecule has 2 bridgehead atoms. The van der Waals surface area contributed by atoms with Crippen LogP contribution in [0.3, 0.4) is 0 Å². The minimum atomic E-state index is 0.627. The molecule has 1 aromatic carbocycles. The molecule has 0 aliphatic carbocycles. The Labute approximate surface area is 98.7 Å². The van der Waals surface area contributed by atoms with Gasteiger partial charge in [-0.25, -0.2) is 0 Å². The molecular formula is C13H14BrN. The van der Waals surface area contributed by atoms with Crippen LogP contribution in [-0.2, 0) is 0 Å². The number of benzene rings is 1. The van der Waals surface area contributed by atoms with Gasteiger partial charge in [0.25, 0.3) is 0 Å². The third kappa shape index (κ3) is 1.88. The van der Waals surface area contributed by atoms with Crippen molar-refractivity contribution in [1.82, 2.24) is 5.32 Å². The molecular weight excluding hydrogens is 250 g/mol. The lowest BCUT2D eigenvalue weighted by Gasteiger charge is -2.21. The number of fused-ring (bicyclic) bond motifs is 2. The molecule has 2 heteroatoms. The van der Waals surface area contributed by atoms with E-state index in [0.29, 0.717) is 6.04 Å². The van der Waals surface area contributed by atoms with Crippen molar-refractivity contribution in [2.24, 2.45) is 0 Å². The molecule has 1 N–H and O–H groups in total. The SMILES string of the molecule is Brc1ccc(C2=CC3CCC(C2)N3)cc1. The van der Waals surface area contributed by atoms with Crippen molar-refractivity contribution in [2.75, 3.05) is 0 Å². The number of nitrogens with one attached hydrogen (secondary N) is 1. The number of halogens is 1. The molecule has 0 saturated carbocycles. The minimum Gasteiger partial charge on any atom is -0.307 e. The third-order valence-electron chi connectivity index (χ3n) is 3.36. The molecule has 2 unspecified atom stereocenters. The number of hydrogen-bond donors (Lipinski definition) is 1. The number of rotatable bonds is 1. The molecule has 15 heavy (non-hydrogen) atoms. The van der Waals surface area contributed by atoms with Crippen LogP contribution in [-0.4, -0.2) is 12.1 Å². The van der Waals surface area contributed by atoms with E-state index < -0.39 is 0 Å². The summed E-state index contributed by atoms with van der Waals surface area (Å²) in [5.74, 6) is 0. The first-order valence-electron chi connectivity index (χ1n) is 5.54. The maximum absolute atomic E-state index is 3.62. The predicted molar refractivity (Wildman–Crippen MR) is 66.7 cm³/mol. The Bertz CT molecular complexity index is 394. The molecule has 0 spiro atoms. The van der Waals surface area contributed by atoms with Gasteiger partial charge >= 0.3 is 0 Å². The van der Waals surface area contributed by atoms with E-state index in [2.05, 4.69) is 51.6 Å². The summed E-state index contributed by atoms with van der Waals surface area (Å²) < 4.78 is 1.16. The highest BCUT2D eigenvalue weighted by molar-refractivity contribution is 9.10. The lowest BCUT2D eigenvalue weighted by atomic mass is 9.96. The summed E-state index contributed by atoms with van der Waals surface area (Å²) in [7, 11) is 0. The van der Waals surface area contributed by atoms with Gasteiger partial charge in [-0.15, -0.1) is 0 Å². The lowest BCUT2D eigenvalue weighted by Crippen LogP contribution is -2.31. The van der Waals surface area contributed by atoms with Crippen molar-refractivity contribution in [3.8, 4) is 0 Å². The first kappa shape index (κ1) is 9.61. The Balaban J connectivity index is 1.91. The Morgan fingerprint density at radius 1 is 1.13 bits per heavy atom. The topological polar surface area (TPSA) is 12.0 Å². The Hall–Kier alpha value is -0.600. The normalized spacial score (nSPS) is 29.0. The molecule has 0 amide bonds. The minimum absolute atomic E-state index is 0.627. The van der Waals surface area contributed by atoms with Crippen LogP contribution in [0.1, 0.15) is 24.8 Å². The van der Waals surface area contributed by atoms with Gasteiger partial charge in [-0.3, -0.25) is 0 Å². The van der Waals surface area contributed by atoms with Crippen molar-refractivity contribution in [2.45, 2.75) is 31.3 Å². The molecule has 78 valence electrons. The molecule has 1 saturated heterocycles. The van der Waals surface area contributed by atoms with Crippen LogP contribution in [0, 0.1) is 0 Å². The molecule has 1 fully saturated rings. The maximum Gasteiger partial charge on any atom is 0.0259 e. The molecule has 0 radical (unpaired) electrons. The Kier molecular flexibility index (Phi) is 2.41. The van der Waals surface area contributed by atoms with E-state index >= 15 is 0 Å². The van der Waals surface area contributed by atoms with Gasteiger partial charge in [0.05, 0.1) is 0 Å². The first-order valence-corrected chi connectivity index (χ1v) is 6.33. The fraction of sp³-hybridized carbons (Fsp3) is 0.385. The van der Waals surface area contributed by atoms with Crippen molar-refractivity contribution < 1.29 is 0 Å². The summed E-state index contributed by atoms with van der Waals surface area (Å²) in [6.45, 7) is 0. The second-order valence-corrected chi connectivity index (χ2v) is 5.37. The molecule has 2 atom stereocenters. The van der Waals surface area contributed by atoms with Crippen LogP contribution in [0.4, 0.5) is 0 Å².